The number of hydrogen-bond acceptors (Lipinski definition) is 6. The van der Waals surface area contributed by atoms with Gasteiger partial charge in [-0.3, -0.25) is 4.79 Å². The maximum absolute atomic E-state index is 11.8. The molecule has 1 aliphatic heterocycles. The molecule has 2 aromatic rings. The highest BCUT2D eigenvalue weighted by atomic mass is 16.8. The van der Waals surface area contributed by atoms with Crippen LogP contribution >= 0.6 is 0 Å². The summed E-state index contributed by atoms with van der Waals surface area (Å²) in [5.74, 6) is -3.96. The number of carbonyl (C=O) groups excluding carboxylic acids is 3. The van der Waals surface area contributed by atoms with E-state index in [0.29, 0.717) is 24.1 Å². The molecule has 2 aliphatic rings. The third-order valence-electron chi connectivity index (χ3n) is 5.32. The molecule has 1 unspecified atom stereocenters. The van der Waals surface area contributed by atoms with Crippen LogP contribution in [0.5, 0.6) is 0 Å². The van der Waals surface area contributed by atoms with Crippen molar-refractivity contribution in [1.82, 2.24) is 9.88 Å². The Balaban J connectivity index is 1.92. The third kappa shape index (κ3) is 2.29. The minimum Gasteiger partial charge on any atom is -0.408 e. The van der Waals surface area contributed by atoms with Gasteiger partial charge in [0, 0.05) is 28.9 Å². The minimum atomic E-state index is -1.46. The molecule has 1 amide bonds. The molecular formula is C18H19N3O5. The molecule has 1 aromatic carbocycles. The number of aromatic amines is 1. The van der Waals surface area contributed by atoms with Crippen LogP contribution in [0.25, 0.3) is 10.9 Å². The topological polar surface area (TPSA) is 115 Å². The normalized spacial score (nSPS) is 21.1. The van der Waals surface area contributed by atoms with Gasteiger partial charge in [0.15, 0.2) is 0 Å². The van der Waals surface area contributed by atoms with Gasteiger partial charge in [-0.05, 0) is 43.8 Å². The quantitative estimate of drug-likeness (QED) is 0.620. The van der Waals surface area contributed by atoms with Crippen LogP contribution < -0.4 is 5.73 Å². The Labute approximate surface area is 149 Å². The molecule has 0 bridgehead atoms. The number of benzene rings is 1. The van der Waals surface area contributed by atoms with Gasteiger partial charge >= 0.3 is 17.7 Å². The van der Waals surface area contributed by atoms with Crippen molar-refractivity contribution in [3.8, 4) is 0 Å². The smallest absolute Gasteiger partial charge is 0.408 e. The third-order valence-corrected chi connectivity index (χ3v) is 5.32. The molecule has 8 nitrogen and oxygen atoms in total. The molecule has 4 rings (SSSR count). The van der Waals surface area contributed by atoms with Crippen LogP contribution in [0.4, 0.5) is 0 Å². The first-order chi connectivity index (χ1) is 12.3. The van der Waals surface area contributed by atoms with Crippen LogP contribution in [0.3, 0.4) is 0 Å². The number of primary amides is 1. The highest BCUT2D eigenvalue weighted by Gasteiger charge is 2.56. The molecule has 1 spiro atoms. The molecular weight excluding hydrogens is 338 g/mol. The number of H-pyrrole nitrogens is 1. The summed E-state index contributed by atoms with van der Waals surface area (Å²) >= 11 is 0. The number of amides is 1. The summed E-state index contributed by atoms with van der Waals surface area (Å²) in [7, 11) is 1.96. The number of fused-ring (bicyclic) bond motifs is 4. The Morgan fingerprint density at radius 3 is 2.65 bits per heavy atom. The van der Waals surface area contributed by atoms with E-state index in [1.165, 1.54) is 0 Å². The monoisotopic (exact) mass is 357 g/mol. The van der Waals surface area contributed by atoms with E-state index in [-0.39, 0.29) is 6.04 Å². The lowest BCUT2D eigenvalue weighted by Gasteiger charge is -2.38. The summed E-state index contributed by atoms with van der Waals surface area (Å²) in [4.78, 5) is 40.4. The standard InChI is InChI=1S/C18H19N3O5/c1-3-21(2)10-7-12-11-6-9(15(19)22)4-5-13(11)20-14(12)18(8-10)25-16(23)17(24)26-18/h4-6,10,20H,3,7-8H2,1-2H3,(H2,19,22). The molecule has 0 saturated carbocycles. The fourth-order valence-corrected chi connectivity index (χ4v) is 3.82. The van der Waals surface area contributed by atoms with Crippen molar-refractivity contribution in [2.75, 3.05) is 13.6 Å². The first-order valence-electron chi connectivity index (χ1n) is 8.46. The number of ether oxygens (including phenoxy) is 2. The van der Waals surface area contributed by atoms with E-state index in [9.17, 15) is 14.4 Å². The van der Waals surface area contributed by atoms with Crippen LogP contribution in [0.15, 0.2) is 18.2 Å². The second-order valence-electron chi connectivity index (χ2n) is 6.77. The fraction of sp³-hybridized carbons (Fsp3) is 0.389. The molecule has 2 heterocycles. The molecule has 1 aliphatic carbocycles. The summed E-state index contributed by atoms with van der Waals surface area (Å²) in [6, 6.07) is 5.09. The second-order valence-corrected chi connectivity index (χ2v) is 6.77. The largest absolute Gasteiger partial charge is 0.421 e. The number of aromatic nitrogens is 1. The van der Waals surface area contributed by atoms with Crippen LogP contribution in [-0.2, 0) is 31.3 Å². The van der Waals surface area contributed by atoms with Crippen molar-refractivity contribution >= 4 is 28.7 Å². The Hall–Kier alpha value is -2.87. The van der Waals surface area contributed by atoms with E-state index >= 15 is 0 Å². The van der Waals surface area contributed by atoms with Crippen molar-refractivity contribution in [2.45, 2.75) is 31.6 Å². The highest BCUT2D eigenvalue weighted by Crippen LogP contribution is 2.45. The zero-order valence-corrected chi connectivity index (χ0v) is 14.5. The zero-order valence-electron chi connectivity index (χ0n) is 14.5. The molecule has 1 atom stereocenters. The van der Waals surface area contributed by atoms with E-state index in [1.54, 1.807) is 18.2 Å². The van der Waals surface area contributed by atoms with Gasteiger partial charge in [0.05, 0.1) is 0 Å². The van der Waals surface area contributed by atoms with Crippen molar-refractivity contribution in [3.63, 3.8) is 0 Å². The maximum Gasteiger partial charge on any atom is 0.421 e. The fourth-order valence-electron chi connectivity index (χ4n) is 3.82. The number of esters is 2. The predicted molar refractivity (Wildman–Crippen MR) is 91.1 cm³/mol. The van der Waals surface area contributed by atoms with E-state index in [2.05, 4.69) is 9.88 Å². The summed E-state index contributed by atoms with van der Waals surface area (Å²) < 4.78 is 10.8. The Kier molecular flexibility index (Phi) is 3.55. The van der Waals surface area contributed by atoms with Gasteiger partial charge in [0.25, 0.3) is 0 Å². The van der Waals surface area contributed by atoms with E-state index < -0.39 is 23.6 Å². The minimum absolute atomic E-state index is 0.00225. The number of rotatable bonds is 3. The van der Waals surface area contributed by atoms with Gasteiger partial charge in [-0.1, -0.05) is 6.92 Å². The number of hydrogen-bond donors (Lipinski definition) is 2. The first-order valence-corrected chi connectivity index (χ1v) is 8.46. The summed E-state index contributed by atoms with van der Waals surface area (Å²) in [5.41, 5.74) is 7.97. The number of carbonyl (C=O) groups is 3. The Bertz CT molecular complexity index is 932. The van der Waals surface area contributed by atoms with Crippen LogP contribution in [0, 0.1) is 0 Å². The summed E-state index contributed by atoms with van der Waals surface area (Å²) in [5, 5.41) is 0.809. The van der Waals surface area contributed by atoms with Crippen molar-refractivity contribution in [2.24, 2.45) is 5.73 Å². The van der Waals surface area contributed by atoms with E-state index in [0.717, 1.165) is 23.0 Å². The lowest BCUT2D eigenvalue weighted by molar-refractivity contribution is -0.196. The van der Waals surface area contributed by atoms with Crippen molar-refractivity contribution < 1.29 is 23.9 Å². The maximum atomic E-state index is 11.8. The molecule has 136 valence electrons. The van der Waals surface area contributed by atoms with Gasteiger partial charge in [-0.25, -0.2) is 9.59 Å². The Morgan fingerprint density at radius 1 is 1.35 bits per heavy atom. The number of nitrogens with two attached hydrogens (primary N) is 1. The predicted octanol–water partition coefficient (Wildman–Crippen LogP) is 0.786. The van der Waals surface area contributed by atoms with Crippen LogP contribution in [-0.4, -0.2) is 47.4 Å². The lowest BCUT2D eigenvalue weighted by Crippen LogP contribution is -2.45. The SMILES string of the molecule is CCN(C)C1Cc2c([nH]c3ccc(C(N)=O)cc23)C2(C1)OC(=O)C(=O)O2. The van der Waals surface area contributed by atoms with Crippen LogP contribution in [0.1, 0.15) is 35.0 Å². The van der Waals surface area contributed by atoms with E-state index in [1.807, 2.05) is 14.0 Å². The molecule has 26 heavy (non-hydrogen) atoms. The second kappa shape index (κ2) is 5.57. The van der Waals surface area contributed by atoms with Gasteiger partial charge < -0.3 is 25.1 Å². The highest BCUT2D eigenvalue weighted by molar-refractivity contribution is 6.31. The zero-order chi connectivity index (χ0) is 18.6. The van der Waals surface area contributed by atoms with Gasteiger partial charge in [0.2, 0.25) is 5.91 Å². The van der Waals surface area contributed by atoms with Gasteiger partial charge in [0.1, 0.15) is 5.69 Å². The van der Waals surface area contributed by atoms with E-state index in [4.69, 9.17) is 15.2 Å². The molecule has 1 saturated heterocycles. The van der Waals surface area contributed by atoms with Crippen molar-refractivity contribution in [1.29, 1.82) is 0 Å². The number of nitrogens with one attached hydrogen (secondary N) is 1. The van der Waals surface area contributed by atoms with Gasteiger partial charge in [-0.2, -0.15) is 0 Å². The molecule has 8 heteroatoms. The first kappa shape index (κ1) is 16.6. The number of nitrogens with zero attached hydrogens (tertiary/aromatic N) is 1. The molecule has 3 N–H and O–H groups in total. The average Bonchev–Trinajstić information content (AvgIpc) is 3.12. The average molecular weight is 357 g/mol. The van der Waals surface area contributed by atoms with Crippen molar-refractivity contribution in [3.05, 3.63) is 35.0 Å². The molecule has 0 radical (unpaired) electrons. The molecule has 1 fully saturated rings. The molecule has 1 aromatic heterocycles. The van der Waals surface area contributed by atoms with Crippen LogP contribution in [0.2, 0.25) is 0 Å². The summed E-state index contributed by atoms with van der Waals surface area (Å²) in [6.07, 6.45) is 1.01. The lowest BCUT2D eigenvalue weighted by atomic mass is 9.86. The Morgan fingerprint density at radius 2 is 2.04 bits per heavy atom. The van der Waals surface area contributed by atoms with Gasteiger partial charge in [-0.15, -0.1) is 0 Å². The summed E-state index contributed by atoms with van der Waals surface area (Å²) in [6.45, 7) is 2.81. The number of likely N-dealkylation sites (N-methyl/N-ethyl adjacent to an activating group) is 1.